The highest BCUT2D eigenvalue weighted by Crippen LogP contribution is 2.36. The van der Waals surface area contributed by atoms with Crippen LogP contribution in [0.1, 0.15) is 31.1 Å². The van der Waals surface area contributed by atoms with Gasteiger partial charge < -0.3 is 4.42 Å². The van der Waals surface area contributed by atoms with Crippen LogP contribution in [0.2, 0.25) is 0 Å². The van der Waals surface area contributed by atoms with E-state index in [2.05, 4.69) is 9.97 Å². The van der Waals surface area contributed by atoms with Gasteiger partial charge in [0, 0.05) is 11.3 Å². The SMILES string of the molecule is c1nc(-c2coc(C3CCC3)n2)cs1. The van der Waals surface area contributed by atoms with Crippen molar-refractivity contribution in [3.05, 3.63) is 23.0 Å². The molecule has 0 atom stereocenters. The zero-order valence-electron chi connectivity index (χ0n) is 7.64. The molecule has 14 heavy (non-hydrogen) atoms. The van der Waals surface area contributed by atoms with Crippen molar-refractivity contribution in [1.29, 1.82) is 0 Å². The number of hydrogen-bond acceptors (Lipinski definition) is 4. The van der Waals surface area contributed by atoms with Crippen molar-refractivity contribution in [1.82, 2.24) is 9.97 Å². The van der Waals surface area contributed by atoms with Crippen molar-refractivity contribution < 1.29 is 4.42 Å². The average Bonchev–Trinajstić information content (AvgIpc) is 2.65. The highest BCUT2D eigenvalue weighted by Gasteiger charge is 2.24. The summed E-state index contributed by atoms with van der Waals surface area (Å²) in [5.41, 5.74) is 3.60. The molecule has 0 aliphatic heterocycles. The maximum Gasteiger partial charge on any atom is 0.197 e. The summed E-state index contributed by atoms with van der Waals surface area (Å²) in [7, 11) is 0. The fraction of sp³-hybridized carbons (Fsp3) is 0.400. The molecule has 0 saturated heterocycles. The summed E-state index contributed by atoms with van der Waals surface area (Å²) in [5.74, 6) is 1.45. The lowest BCUT2D eigenvalue weighted by atomic mass is 9.85. The third kappa shape index (κ3) is 1.26. The first-order valence-electron chi connectivity index (χ1n) is 4.77. The Labute approximate surface area is 85.8 Å². The second-order valence-corrected chi connectivity index (χ2v) is 4.29. The molecule has 1 aliphatic carbocycles. The van der Waals surface area contributed by atoms with Gasteiger partial charge in [-0.05, 0) is 12.8 Å². The largest absolute Gasteiger partial charge is 0.448 e. The Bertz CT molecular complexity index is 417. The molecule has 0 bridgehead atoms. The molecule has 0 amide bonds. The lowest BCUT2D eigenvalue weighted by molar-refractivity contribution is 0.335. The number of nitrogens with zero attached hydrogens (tertiary/aromatic N) is 2. The monoisotopic (exact) mass is 206 g/mol. The Balaban J connectivity index is 1.90. The molecule has 1 fully saturated rings. The molecular formula is C10H10N2OS. The zero-order valence-corrected chi connectivity index (χ0v) is 8.46. The summed E-state index contributed by atoms with van der Waals surface area (Å²) in [5, 5.41) is 1.99. The lowest BCUT2D eigenvalue weighted by Crippen LogP contribution is -2.08. The predicted octanol–water partition coefficient (Wildman–Crippen LogP) is 3.07. The Kier molecular flexibility index (Phi) is 1.87. The summed E-state index contributed by atoms with van der Waals surface area (Å²) >= 11 is 1.58. The average molecular weight is 206 g/mol. The Morgan fingerprint density at radius 2 is 2.29 bits per heavy atom. The zero-order chi connectivity index (χ0) is 9.38. The van der Waals surface area contributed by atoms with Crippen molar-refractivity contribution in [2.75, 3.05) is 0 Å². The van der Waals surface area contributed by atoms with Gasteiger partial charge in [-0.2, -0.15) is 0 Å². The molecule has 2 heterocycles. The maximum absolute atomic E-state index is 5.45. The second kappa shape index (κ2) is 3.20. The summed E-state index contributed by atoms with van der Waals surface area (Å²) < 4.78 is 5.45. The van der Waals surface area contributed by atoms with Crippen molar-refractivity contribution in [3.8, 4) is 11.4 Å². The van der Waals surface area contributed by atoms with Crippen LogP contribution in [0.25, 0.3) is 11.4 Å². The number of aromatic nitrogens is 2. The molecule has 2 aromatic rings. The molecule has 0 radical (unpaired) electrons. The molecule has 2 aromatic heterocycles. The highest BCUT2D eigenvalue weighted by molar-refractivity contribution is 7.07. The number of rotatable bonds is 2. The molecule has 0 aromatic carbocycles. The third-order valence-electron chi connectivity index (χ3n) is 2.67. The fourth-order valence-corrected chi connectivity index (χ4v) is 2.13. The van der Waals surface area contributed by atoms with Gasteiger partial charge in [-0.1, -0.05) is 6.42 Å². The first-order chi connectivity index (χ1) is 6.93. The van der Waals surface area contributed by atoms with Crippen molar-refractivity contribution in [3.63, 3.8) is 0 Å². The van der Waals surface area contributed by atoms with E-state index >= 15 is 0 Å². The van der Waals surface area contributed by atoms with Crippen LogP contribution in [0.5, 0.6) is 0 Å². The predicted molar refractivity (Wildman–Crippen MR) is 54.2 cm³/mol. The van der Waals surface area contributed by atoms with Gasteiger partial charge in [0.25, 0.3) is 0 Å². The van der Waals surface area contributed by atoms with Gasteiger partial charge in [0.15, 0.2) is 5.89 Å². The van der Waals surface area contributed by atoms with Gasteiger partial charge in [-0.15, -0.1) is 11.3 Å². The minimum absolute atomic E-state index is 0.558. The normalized spacial score (nSPS) is 16.9. The molecular weight excluding hydrogens is 196 g/mol. The summed E-state index contributed by atoms with van der Waals surface area (Å²) in [6.45, 7) is 0. The van der Waals surface area contributed by atoms with Crippen LogP contribution in [0.3, 0.4) is 0 Å². The minimum Gasteiger partial charge on any atom is -0.448 e. The van der Waals surface area contributed by atoms with E-state index in [1.54, 1.807) is 17.6 Å². The van der Waals surface area contributed by atoms with Crippen molar-refractivity contribution in [2.24, 2.45) is 0 Å². The molecule has 3 nitrogen and oxygen atoms in total. The standard InChI is InChI=1S/C10H10N2OS/c1-2-7(3-1)10-12-8(4-13-10)9-5-14-6-11-9/h4-7H,1-3H2. The fourth-order valence-electron chi connectivity index (χ4n) is 1.59. The molecule has 4 heteroatoms. The summed E-state index contributed by atoms with van der Waals surface area (Å²) in [6.07, 6.45) is 5.45. The van der Waals surface area contributed by atoms with Gasteiger partial charge >= 0.3 is 0 Å². The molecule has 0 unspecified atom stereocenters. The van der Waals surface area contributed by atoms with Crippen LogP contribution in [-0.4, -0.2) is 9.97 Å². The van der Waals surface area contributed by atoms with E-state index in [1.807, 2.05) is 10.9 Å². The Hall–Kier alpha value is -1.16. The van der Waals surface area contributed by atoms with Gasteiger partial charge in [-0.25, -0.2) is 9.97 Å². The highest BCUT2D eigenvalue weighted by atomic mass is 32.1. The maximum atomic E-state index is 5.45. The van der Waals surface area contributed by atoms with Crippen LogP contribution in [0.15, 0.2) is 21.6 Å². The molecule has 1 aliphatic rings. The molecule has 72 valence electrons. The van der Waals surface area contributed by atoms with Crippen molar-refractivity contribution >= 4 is 11.3 Å². The third-order valence-corrected chi connectivity index (χ3v) is 3.26. The molecule has 0 N–H and O–H groups in total. The van der Waals surface area contributed by atoms with Gasteiger partial charge in [-0.3, -0.25) is 0 Å². The van der Waals surface area contributed by atoms with E-state index in [9.17, 15) is 0 Å². The van der Waals surface area contributed by atoms with Crippen LogP contribution >= 0.6 is 11.3 Å². The van der Waals surface area contributed by atoms with Crippen LogP contribution < -0.4 is 0 Å². The van der Waals surface area contributed by atoms with Gasteiger partial charge in [0.1, 0.15) is 17.7 Å². The van der Waals surface area contributed by atoms with E-state index in [0.29, 0.717) is 5.92 Å². The van der Waals surface area contributed by atoms with E-state index in [4.69, 9.17) is 4.42 Å². The van der Waals surface area contributed by atoms with Crippen LogP contribution in [-0.2, 0) is 0 Å². The van der Waals surface area contributed by atoms with Crippen LogP contribution in [0.4, 0.5) is 0 Å². The quantitative estimate of drug-likeness (QED) is 0.758. The van der Waals surface area contributed by atoms with E-state index < -0.39 is 0 Å². The van der Waals surface area contributed by atoms with Gasteiger partial charge in [0.05, 0.1) is 5.51 Å². The van der Waals surface area contributed by atoms with E-state index in [1.165, 1.54) is 19.3 Å². The Morgan fingerprint density at radius 1 is 1.36 bits per heavy atom. The Morgan fingerprint density at radius 3 is 2.93 bits per heavy atom. The van der Waals surface area contributed by atoms with Crippen molar-refractivity contribution in [2.45, 2.75) is 25.2 Å². The topological polar surface area (TPSA) is 38.9 Å². The van der Waals surface area contributed by atoms with E-state index in [0.717, 1.165) is 17.3 Å². The molecule has 0 spiro atoms. The lowest BCUT2D eigenvalue weighted by Gasteiger charge is -2.21. The van der Waals surface area contributed by atoms with Gasteiger partial charge in [0.2, 0.25) is 0 Å². The summed E-state index contributed by atoms with van der Waals surface area (Å²) in [4.78, 5) is 8.65. The molecule has 1 saturated carbocycles. The smallest absolute Gasteiger partial charge is 0.197 e. The van der Waals surface area contributed by atoms with E-state index in [-0.39, 0.29) is 0 Å². The second-order valence-electron chi connectivity index (χ2n) is 3.57. The first-order valence-corrected chi connectivity index (χ1v) is 5.72. The molecule has 3 rings (SSSR count). The number of oxazole rings is 1. The summed E-state index contributed by atoms with van der Waals surface area (Å²) in [6, 6.07) is 0. The number of thiazole rings is 1. The van der Waals surface area contributed by atoms with Crippen LogP contribution in [0, 0.1) is 0 Å². The minimum atomic E-state index is 0.558. The number of hydrogen-bond donors (Lipinski definition) is 0. The first kappa shape index (κ1) is 8.17.